The first-order chi connectivity index (χ1) is 10.1. The first-order valence-corrected chi connectivity index (χ1v) is 7.57. The number of hydrogen-bond donors (Lipinski definition) is 1. The van der Waals surface area contributed by atoms with E-state index < -0.39 is 0 Å². The first kappa shape index (κ1) is 14.2. The quantitative estimate of drug-likeness (QED) is 0.690. The third-order valence-electron chi connectivity index (χ3n) is 3.42. The highest BCUT2D eigenvalue weighted by Gasteiger charge is 2.16. The second-order valence-electron chi connectivity index (χ2n) is 4.93. The first-order valence-electron chi connectivity index (χ1n) is 6.82. The Balaban J connectivity index is 2.31. The predicted octanol–water partition coefficient (Wildman–Crippen LogP) is 5.00. The van der Waals surface area contributed by atoms with Gasteiger partial charge in [-0.1, -0.05) is 36.2 Å². The van der Waals surface area contributed by atoms with Crippen LogP contribution in [0.25, 0.3) is 22.4 Å². The van der Waals surface area contributed by atoms with Crippen molar-refractivity contribution in [3.63, 3.8) is 0 Å². The van der Waals surface area contributed by atoms with E-state index in [2.05, 4.69) is 11.5 Å². The van der Waals surface area contributed by atoms with E-state index in [1.165, 1.54) is 0 Å². The van der Waals surface area contributed by atoms with Crippen LogP contribution in [0, 0.1) is 0 Å². The molecule has 0 bridgehead atoms. The van der Waals surface area contributed by atoms with Gasteiger partial charge in [-0.05, 0) is 36.8 Å². The maximum absolute atomic E-state index is 6.35. The highest BCUT2D eigenvalue weighted by Crippen LogP contribution is 2.33. The molecule has 0 aliphatic rings. The molecule has 0 saturated carbocycles. The normalized spacial score (nSPS) is 11.2. The molecule has 0 fully saturated rings. The molecule has 0 saturated heterocycles. The Kier molecular flexibility index (Phi) is 3.79. The van der Waals surface area contributed by atoms with Gasteiger partial charge in [-0.2, -0.15) is 0 Å². The molecule has 0 unspecified atom stereocenters. The second kappa shape index (κ2) is 5.58. The van der Waals surface area contributed by atoms with E-state index in [1.807, 2.05) is 30.3 Å². The molecule has 3 nitrogen and oxygen atoms in total. The third kappa shape index (κ3) is 2.47. The molecule has 0 aliphatic carbocycles. The number of anilines is 1. The maximum Gasteiger partial charge on any atom is 0.143 e. The van der Waals surface area contributed by atoms with Crippen molar-refractivity contribution in [2.75, 3.05) is 5.73 Å². The van der Waals surface area contributed by atoms with Gasteiger partial charge < -0.3 is 10.3 Å². The van der Waals surface area contributed by atoms with Crippen LogP contribution < -0.4 is 5.73 Å². The molecule has 1 aromatic heterocycles. The smallest absolute Gasteiger partial charge is 0.143 e. The van der Waals surface area contributed by atoms with E-state index in [-0.39, 0.29) is 0 Å². The number of imidazole rings is 1. The number of hydrogen-bond acceptors (Lipinski definition) is 2. The van der Waals surface area contributed by atoms with Crippen molar-refractivity contribution in [2.24, 2.45) is 0 Å². The third-order valence-corrected chi connectivity index (χ3v) is 3.96. The van der Waals surface area contributed by atoms with E-state index in [4.69, 9.17) is 33.9 Å². The van der Waals surface area contributed by atoms with E-state index in [0.29, 0.717) is 15.7 Å². The molecule has 0 radical (unpaired) electrons. The number of para-hydroxylation sites is 1. The topological polar surface area (TPSA) is 43.8 Å². The van der Waals surface area contributed by atoms with Gasteiger partial charge in [-0.25, -0.2) is 4.98 Å². The lowest BCUT2D eigenvalue weighted by Crippen LogP contribution is -2.02. The van der Waals surface area contributed by atoms with E-state index in [9.17, 15) is 0 Å². The van der Waals surface area contributed by atoms with Crippen LogP contribution in [0.1, 0.15) is 13.3 Å². The minimum atomic E-state index is 0.617. The van der Waals surface area contributed by atoms with Gasteiger partial charge >= 0.3 is 0 Å². The Hall–Kier alpha value is -1.71. The SMILES string of the molecule is CCCn1c(-c2ccc(Cl)cc2N)nc2cccc(Cl)c21. The number of nitrogen functional groups attached to an aromatic ring is 1. The Labute approximate surface area is 133 Å². The predicted molar refractivity (Wildman–Crippen MR) is 89.9 cm³/mol. The number of nitrogens with two attached hydrogens (primary N) is 1. The molecule has 5 heteroatoms. The molecule has 0 amide bonds. The highest BCUT2D eigenvalue weighted by atomic mass is 35.5. The average molecular weight is 320 g/mol. The molecular weight excluding hydrogens is 305 g/mol. The van der Waals surface area contributed by atoms with Gasteiger partial charge in [0.15, 0.2) is 0 Å². The van der Waals surface area contributed by atoms with Crippen molar-refractivity contribution in [3.05, 3.63) is 46.4 Å². The minimum absolute atomic E-state index is 0.617. The summed E-state index contributed by atoms with van der Waals surface area (Å²) >= 11 is 12.3. The lowest BCUT2D eigenvalue weighted by Gasteiger charge is -2.10. The van der Waals surface area contributed by atoms with Gasteiger partial charge in [0.1, 0.15) is 5.82 Å². The van der Waals surface area contributed by atoms with E-state index >= 15 is 0 Å². The molecule has 0 spiro atoms. The van der Waals surface area contributed by atoms with Gasteiger partial charge in [0.2, 0.25) is 0 Å². The zero-order valence-electron chi connectivity index (χ0n) is 11.6. The van der Waals surface area contributed by atoms with Gasteiger partial charge in [0.05, 0.1) is 16.1 Å². The second-order valence-corrected chi connectivity index (χ2v) is 5.77. The largest absolute Gasteiger partial charge is 0.398 e. The molecular formula is C16H15Cl2N3. The van der Waals surface area contributed by atoms with Crippen LogP contribution in [-0.4, -0.2) is 9.55 Å². The summed E-state index contributed by atoms with van der Waals surface area (Å²) in [5.41, 5.74) is 9.42. The molecule has 3 rings (SSSR count). The molecule has 3 aromatic rings. The van der Waals surface area contributed by atoms with Crippen molar-refractivity contribution in [1.29, 1.82) is 0 Å². The van der Waals surface area contributed by atoms with Gasteiger partial charge in [0.25, 0.3) is 0 Å². The summed E-state index contributed by atoms with van der Waals surface area (Å²) in [6, 6.07) is 11.2. The molecule has 1 heterocycles. The van der Waals surface area contributed by atoms with Gasteiger partial charge in [0, 0.05) is 22.8 Å². The number of aromatic nitrogens is 2. The van der Waals surface area contributed by atoms with Crippen LogP contribution in [0.3, 0.4) is 0 Å². The Bertz CT molecular complexity index is 809. The number of fused-ring (bicyclic) bond motifs is 1. The van der Waals surface area contributed by atoms with Crippen LogP contribution in [0.2, 0.25) is 10.0 Å². The van der Waals surface area contributed by atoms with Crippen molar-refractivity contribution in [1.82, 2.24) is 9.55 Å². The molecule has 21 heavy (non-hydrogen) atoms. The summed E-state index contributed by atoms with van der Waals surface area (Å²) in [5.74, 6) is 0.828. The maximum atomic E-state index is 6.35. The molecule has 0 atom stereocenters. The fourth-order valence-corrected chi connectivity index (χ4v) is 2.98. The van der Waals surface area contributed by atoms with Gasteiger partial charge in [-0.15, -0.1) is 0 Å². The Morgan fingerprint density at radius 3 is 2.71 bits per heavy atom. The van der Waals surface area contributed by atoms with Crippen LogP contribution >= 0.6 is 23.2 Å². The standard InChI is InChI=1S/C16H15Cl2N3/c1-2-8-21-15-12(18)4-3-5-14(15)20-16(21)11-7-6-10(17)9-13(11)19/h3-7,9H,2,8,19H2,1H3. The van der Waals surface area contributed by atoms with Crippen LogP contribution in [0.4, 0.5) is 5.69 Å². The van der Waals surface area contributed by atoms with E-state index in [0.717, 1.165) is 35.4 Å². The zero-order valence-corrected chi connectivity index (χ0v) is 13.1. The van der Waals surface area contributed by atoms with Crippen molar-refractivity contribution < 1.29 is 0 Å². The fraction of sp³-hybridized carbons (Fsp3) is 0.188. The number of nitrogens with zero attached hydrogens (tertiary/aromatic N) is 2. The van der Waals surface area contributed by atoms with Crippen LogP contribution in [0.5, 0.6) is 0 Å². The van der Waals surface area contributed by atoms with Crippen molar-refractivity contribution >= 4 is 39.9 Å². The van der Waals surface area contributed by atoms with Crippen LogP contribution in [-0.2, 0) is 6.54 Å². The van der Waals surface area contributed by atoms with Crippen molar-refractivity contribution in [3.8, 4) is 11.4 Å². The summed E-state index contributed by atoms with van der Waals surface area (Å²) in [4.78, 5) is 4.71. The molecule has 2 aromatic carbocycles. The summed E-state index contributed by atoms with van der Waals surface area (Å²) in [6.45, 7) is 2.95. The summed E-state index contributed by atoms with van der Waals surface area (Å²) < 4.78 is 2.12. The summed E-state index contributed by atoms with van der Waals surface area (Å²) in [5, 5.41) is 1.32. The van der Waals surface area contributed by atoms with E-state index in [1.54, 1.807) is 6.07 Å². The molecule has 2 N–H and O–H groups in total. The number of rotatable bonds is 3. The van der Waals surface area contributed by atoms with Gasteiger partial charge in [-0.3, -0.25) is 0 Å². The molecule has 108 valence electrons. The number of aryl methyl sites for hydroxylation is 1. The Morgan fingerprint density at radius 1 is 1.19 bits per heavy atom. The Morgan fingerprint density at radius 2 is 2.00 bits per heavy atom. The number of halogens is 2. The minimum Gasteiger partial charge on any atom is -0.398 e. The monoisotopic (exact) mass is 319 g/mol. The molecule has 0 aliphatic heterocycles. The summed E-state index contributed by atoms with van der Waals surface area (Å²) in [7, 11) is 0. The number of benzene rings is 2. The summed E-state index contributed by atoms with van der Waals surface area (Å²) in [6.07, 6.45) is 0.983. The fourth-order valence-electron chi connectivity index (χ4n) is 2.53. The highest BCUT2D eigenvalue weighted by molar-refractivity contribution is 6.35. The van der Waals surface area contributed by atoms with Crippen LogP contribution in [0.15, 0.2) is 36.4 Å². The lowest BCUT2D eigenvalue weighted by atomic mass is 10.1. The average Bonchev–Trinajstić information content (AvgIpc) is 2.79. The zero-order chi connectivity index (χ0) is 15.0. The lowest BCUT2D eigenvalue weighted by molar-refractivity contribution is 0.704. The van der Waals surface area contributed by atoms with Crippen molar-refractivity contribution in [2.45, 2.75) is 19.9 Å².